The monoisotopic (exact) mass is 400 g/mol. The summed E-state index contributed by atoms with van der Waals surface area (Å²) in [5.41, 5.74) is -1.26. The number of carbonyl (C=O) groups excluding carboxylic acids is 1. The molecule has 0 radical (unpaired) electrons. The minimum atomic E-state index is -2.02. The normalized spacial score (nSPS) is 18.2. The number of anilines is 1. The number of ether oxygens (including phenoxy) is 1. The zero-order chi connectivity index (χ0) is 20.4. The summed E-state index contributed by atoms with van der Waals surface area (Å²) in [5, 5.41) is 8.82. The van der Waals surface area contributed by atoms with E-state index >= 15 is 4.39 Å². The van der Waals surface area contributed by atoms with E-state index in [-0.39, 0.29) is 51.4 Å². The molecule has 1 saturated heterocycles. The third kappa shape index (κ3) is 3.68. The molecule has 10 heteroatoms. The number of pyridine rings is 1. The van der Waals surface area contributed by atoms with Crippen LogP contribution in [0.1, 0.15) is 24.0 Å². The maximum atomic E-state index is 15.5. The van der Waals surface area contributed by atoms with Gasteiger partial charge < -0.3 is 14.5 Å². The van der Waals surface area contributed by atoms with Crippen molar-refractivity contribution in [2.45, 2.75) is 25.1 Å². The Bertz CT molecular complexity index is 954. The number of piperidine rings is 1. The first kappa shape index (κ1) is 19.0. The van der Waals surface area contributed by atoms with E-state index in [1.54, 1.807) is 4.90 Å². The van der Waals surface area contributed by atoms with Crippen LogP contribution in [0.2, 0.25) is 0 Å². The molecule has 0 saturated carbocycles. The topological polar surface area (TPSA) is 95.2 Å². The van der Waals surface area contributed by atoms with Crippen molar-refractivity contribution >= 4 is 11.9 Å². The molecule has 1 amide bonds. The number of rotatable bonds is 2. The van der Waals surface area contributed by atoms with Crippen LogP contribution in [-0.4, -0.2) is 57.7 Å². The number of carbonyl (C=O) groups is 1. The summed E-state index contributed by atoms with van der Waals surface area (Å²) in [6.07, 6.45) is 5.27. The molecule has 0 aromatic carbocycles. The fourth-order valence-corrected chi connectivity index (χ4v) is 3.55. The molecular formula is C19H18F2N6O2. The molecule has 1 fully saturated rings. The first-order valence-corrected chi connectivity index (χ1v) is 9.21. The molecule has 0 aliphatic carbocycles. The number of hydrogen-bond acceptors (Lipinski definition) is 7. The highest BCUT2D eigenvalue weighted by Crippen LogP contribution is 2.32. The Balaban J connectivity index is 1.44. The third-order valence-corrected chi connectivity index (χ3v) is 5.17. The number of halogens is 2. The summed E-state index contributed by atoms with van der Waals surface area (Å²) in [5.74, 6) is -0.755. The predicted octanol–water partition coefficient (Wildman–Crippen LogP) is 1.61. The van der Waals surface area contributed by atoms with Gasteiger partial charge in [0.05, 0.1) is 37.2 Å². The van der Waals surface area contributed by atoms with Crippen molar-refractivity contribution in [1.29, 1.82) is 5.26 Å². The highest BCUT2D eigenvalue weighted by Gasteiger charge is 2.45. The number of fused-ring (bicyclic) bond motifs is 1. The van der Waals surface area contributed by atoms with Gasteiger partial charge in [-0.1, -0.05) is 0 Å². The second-order valence-electron chi connectivity index (χ2n) is 7.02. The van der Waals surface area contributed by atoms with Crippen LogP contribution in [0, 0.1) is 17.1 Å². The van der Waals surface area contributed by atoms with Crippen molar-refractivity contribution in [3.8, 4) is 11.8 Å². The van der Waals surface area contributed by atoms with Crippen molar-refractivity contribution in [1.82, 2.24) is 19.9 Å². The second-order valence-corrected chi connectivity index (χ2v) is 7.02. The van der Waals surface area contributed by atoms with Gasteiger partial charge in [0.1, 0.15) is 12.7 Å². The molecule has 0 spiro atoms. The fraction of sp³-hybridized carbons (Fsp3) is 0.421. The maximum Gasteiger partial charge on any atom is 0.260 e. The van der Waals surface area contributed by atoms with Gasteiger partial charge in [-0.2, -0.15) is 5.26 Å². The number of nitrogens with zero attached hydrogens (tertiary/aromatic N) is 6. The molecule has 0 atom stereocenters. The van der Waals surface area contributed by atoms with Gasteiger partial charge in [0, 0.05) is 37.7 Å². The summed E-state index contributed by atoms with van der Waals surface area (Å²) >= 11 is 0. The maximum absolute atomic E-state index is 15.5. The molecule has 0 N–H and O–H groups in total. The Hall–Kier alpha value is -3.35. The van der Waals surface area contributed by atoms with Crippen LogP contribution in [0.4, 0.5) is 14.7 Å². The van der Waals surface area contributed by atoms with E-state index in [0.29, 0.717) is 17.1 Å². The summed E-state index contributed by atoms with van der Waals surface area (Å²) in [6.45, 7) is 0.839. The van der Waals surface area contributed by atoms with Crippen LogP contribution in [0.15, 0.2) is 24.8 Å². The molecule has 4 rings (SSSR count). The number of aromatic nitrogens is 3. The lowest BCUT2D eigenvalue weighted by Gasteiger charge is -2.37. The first-order valence-electron chi connectivity index (χ1n) is 9.21. The molecule has 2 aromatic rings. The molecule has 150 valence electrons. The van der Waals surface area contributed by atoms with Crippen LogP contribution in [0.3, 0.4) is 0 Å². The standard InChI is InChI=1S/C19H18F2N6O2/c20-15-11-23-10-14-12-27(5-6-29-16(14)15)17(28)19(21)1-3-26(4-2-19)18-24-8-13(7-22)9-25-18/h8-11H,1-6,12H2. The van der Waals surface area contributed by atoms with Crippen LogP contribution in [-0.2, 0) is 11.3 Å². The Labute approximate surface area is 165 Å². The van der Waals surface area contributed by atoms with E-state index in [1.165, 1.54) is 23.5 Å². The van der Waals surface area contributed by atoms with Crippen LogP contribution < -0.4 is 9.64 Å². The van der Waals surface area contributed by atoms with E-state index in [1.807, 2.05) is 6.07 Å². The molecule has 0 bridgehead atoms. The Morgan fingerprint density at radius 2 is 1.90 bits per heavy atom. The SMILES string of the molecule is N#Cc1cnc(N2CCC(F)(C(=O)N3CCOc4c(F)cncc4C3)CC2)nc1. The smallest absolute Gasteiger partial charge is 0.260 e. The predicted molar refractivity (Wildman–Crippen MR) is 97.1 cm³/mol. The van der Waals surface area contributed by atoms with Crippen molar-refractivity contribution in [2.24, 2.45) is 0 Å². The molecule has 29 heavy (non-hydrogen) atoms. The lowest BCUT2D eigenvalue weighted by atomic mass is 9.91. The van der Waals surface area contributed by atoms with Crippen molar-refractivity contribution < 1.29 is 18.3 Å². The highest BCUT2D eigenvalue weighted by atomic mass is 19.1. The summed E-state index contributed by atoms with van der Waals surface area (Å²) in [4.78, 5) is 28.1. The van der Waals surface area contributed by atoms with Gasteiger partial charge in [0.2, 0.25) is 5.95 Å². The lowest BCUT2D eigenvalue weighted by molar-refractivity contribution is -0.146. The van der Waals surface area contributed by atoms with Gasteiger partial charge in [-0.25, -0.2) is 18.7 Å². The minimum Gasteiger partial charge on any atom is -0.488 e. The van der Waals surface area contributed by atoms with E-state index in [0.717, 1.165) is 6.20 Å². The number of amides is 1. The Morgan fingerprint density at radius 3 is 2.59 bits per heavy atom. The second kappa shape index (κ2) is 7.58. The molecule has 8 nitrogen and oxygen atoms in total. The molecule has 2 aliphatic rings. The van der Waals surface area contributed by atoms with Crippen LogP contribution >= 0.6 is 0 Å². The Morgan fingerprint density at radius 1 is 1.17 bits per heavy atom. The van der Waals surface area contributed by atoms with E-state index in [2.05, 4.69) is 15.0 Å². The summed E-state index contributed by atoms with van der Waals surface area (Å²) in [6, 6.07) is 1.95. The largest absolute Gasteiger partial charge is 0.488 e. The molecule has 4 heterocycles. The number of hydrogen-bond donors (Lipinski definition) is 0. The molecule has 2 aliphatic heterocycles. The van der Waals surface area contributed by atoms with E-state index in [9.17, 15) is 9.18 Å². The van der Waals surface area contributed by atoms with Crippen LogP contribution in [0.25, 0.3) is 0 Å². The number of alkyl halides is 1. The summed E-state index contributed by atoms with van der Waals surface area (Å²) in [7, 11) is 0. The first-order chi connectivity index (χ1) is 14.0. The Kier molecular flexibility index (Phi) is 4.96. The average Bonchev–Trinajstić information content (AvgIpc) is 2.97. The minimum absolute atomic E-state index is 0.0131. The van der Waals surface area contributed by atoms with Crippen molar-refractivity contribution in [3.63, 3.8) is 0 Å². The summed E-state index contributed by atoms with van der Waals surface area (Å²) < 4.78 is 34.8. The van der Waals surface area contributed by atoms with Gasteiger partial charge >= 0.3 is 0 Å². The molecule has 2 aromatic heterocycles. The van der Waals surface area contributed by atoms with Gasteiger partial charge in [-0.15, -0.1) is 0 Å². The number of nitriles is 1. The lowest BCUT2D eigenvalue weighted by Crippen LogP contribution is -2.53. The zero-order valence-corrected chi connectivity index (χ0v) is 15.5. The molecular weight excluding hydrogens is 382 g/mol. The van der Waals surface area contributed by atoms with Gasteiger partial charge in [-0.05, 0) is 0 Å². The fourth-order valence-electron chi connectivity index (χ4n) is 3.55. The van der Waals surface area contributed by atoms with Gasteiger partial charge in [0.15, 0.2) is 17.2 Å². The molecule has 0 unspecified atom stereocenters. The zero-order valence-electron chi connectivity index (χ0n) is 15.5. The van der Waals surface area contributed by atoms with E-state index in [4.69, 9.17) is 10.00 Å². The quantitative estimate of drug-likeness (QED) is 0.756. The van der Waals surface area contributed by atoms with Crippen LogP contribution in [0.5, 0.6) is 5.75 Å². The third-order valence-electron chi connectivity index (χ3n) is 5.17. The van der Waals surface area contributed by atoms with Crippen molar-refractivity contribution in [2.75, 3.05) is 31.1 Å². The average molecular weight is 400 g/mol. The highest BCUT2D eigenvalue weighted by molar-refractivity contribution is 5.85. The van der Waals surface area contributed by atoms with Gasteiger partial charge in [-0.3, -0.25) is 9.78 Å². The van der Waals surface area contributed by atoms with E-state index < -0.39 is 17.4 Å². The van der Waals surface area contributed by atoms with Gasteiger partial charge in [0.25, 0.3) is 5.91 Å². The van der Waals surface area contributed by atoms with Crippen molar-refractivity contribution in [3.05, 3.63) is 41.7 Å².